The third kappa shape index (κ3) is 1.68. The molecule has 0 radical (unpaired) electrons. The summed E-state index contributed by atoms with van der Waals surface area (Å²) in [5.41, 5.74) is 0.196. The van der Waals surface area contributed by atoms with Crippen LogP contribution >= 0.6 is 0 Å². The molecule has 6 nitrogen and oxygen atoms in total. The summed E-state index contributed by atoms with van der Waals surface area (Å²) in [4.78, 5) is 23.2. The molecule has 0 aromatic carbocycles. The topological polar surface area (TPSA) is 92.4 Å². The highest BCUT2D eigenvalue weighted by Gasteiger charge is 2.51. The number of nitrogens with zero attached hydrogens (tertiary/aromatic N) is 1. The molecule has 2 fully saturated rings. The average molecular weight is 250 g/mol. The van der Waals surface area contributed by atoms with Gasteiger partial charge < -0.3 is 14.9 Å². The van der Waals surface area contributed by atoms with E-state index in [9.17, 15) is 14.7 Å². The third-order valence-corrected chi connectivity index (χ3v) is 4.17. The van der Waals surface area contributed by atoms with E-state index in [2.05, 4.69) is 15.0 Å². The van der Waals surface area contributed by atoms with E-state index in [1.807, 2.05) is 0 Å². The van der Waals surface area contributed by atoms with Crippen molar-refractivity contribution >= 4 is 11.9 Å². The van der Waals surface area contributed by atoms with Gasteiger partial charge in [-0.3, -0.25) is 9.59 Å². The second kappa shape index (κ2) is 4.12. The van der Waals surface area contributed by atoms with Gasteiger partial charge in [0.1, 0.15) is 6.26 Å². The molecule has 0 spiro atoms. The van der Waals surface area contributed by atoms with Crippen molar-refractivity contribution in [1.29, 1.82) is 0 Å². The van der Waals surface area contributed by atoms with Crippen LogP contribution < -0.4 is 5.32 Å². The summed E-state index contributed by atoms with van der Waals surface area (Å²) in [6.07, 6.45) is 4.18. The third-order valence-electron chi connectivity index (χ3n) is 4.17. The number of carbonyl (C=O) groups is 2. The van der Waals surface area contributed by atoms with Gasteiger partial charge in [0.25, 0.3) is 5.91 Å². The molecule has 1 amide bonds. The molecule has 4 atom stereocenters. The van der Waals surface area contributed by atoms with Gasteiger partial charge in [-0.1, -0.05) is 5.16 Å². The van der Waals surface area contributed by atoms with E-state index in [1.165, 1.54) is 12.3 Å². The minimum atomic E-state index is -0.812. The van der Waals surface area contributed by atoms with Crippen molar-refractivity contribution in [3.05, 3.63) is 18.0 Å². The minimum Gasteiger partial charge on any atom is -0.481 e. The Morgan fingerprint density at radius 2 is 2.17 bits per heavy atom. The van der Waals surface area contributed by atoms with Crippen molar-refractivity contribution in [3.63, 3.8) is 0 Å². The molecule has 0 saturated heterocycles. The number of carboxylic acid groups (broad SMARTS) is 1. The van der Waals surface area contributed by atoms with Gasteiger partial charge in [-0.15, -0.1) is 0 Å². The fraction of sp³-hybridized carbons (Fsp3) is 0.583. The molecule has 4 unspecified atom stereocenters. The van der Waals surface area contributed by atoms with E-state index in [-0.39, 0.29) is 29.5 Å². The lowest BCUT2D eigenvalue weighted by atomic mass is 9.84. The van der Waals surface area contributed by atoms with Crippen LogP contribution in [0.2, 0.25) is 0 Å². The molecule has 1 heterocycles. The maximum absolute atomic E-state index is 11.9. The maximum Gasteiger partial charge on any atom is 0.308 e. The molecule has 96 valence electrons. The Morgan fingerprint density at radius 3 is 2.83 bits per heavy atom. The van der Waals surface area contributed by atoms with Gasteiger partial charge in [-0.2, -0.15) is 0 Å². The number of hydrogen-bond donors (Lipinski definition) is 2. The van der Waals surface area contributed by atoms with E-state index in [0.717, 1.165) is 19.3 Å². The highest BCUT2D eigenvalue weighted by molar-refractivity contribution is 5.92. The fourth-order valence-electron chi connectivity index (χ4n) is 3.41. The molecule has 2 bridgehead atoms. The second-order valence-corrected chi connectivity index (χ2v) is 5.08. The summed E-state index contributed by atoms with van der Waals surface area (Å²) in [5.74, 6) is -1.14. The number of amides is 1. The minimum absolute atomic E-state index is 0.196. The van der Waals surface area contributed by atoms with Crippen LogP contribution in [0.3, 0.4) is 0 Å². The highest BCUT2D eigenvalue weighted by Crippen LogP contribution is 2.48. The first-order valence-corrected chi connectivity index (χ1v) is 6.11. The van der Waals surface area contributed by atoms with Gasteiger partial charge >= 0.3 is 5.97 Å². The van der Waals surface area contributed by atoms with E-state index < -0.39 is 11.9 Å². The summed E-state index contributed by atoms with van der Waals surface area (Å²) in [7, 11) is 0. The Bertz CT molecular complexity index is 470. The lowest BCUT2D eigenvalue weighted by Crippen LogP contribution is -2.46. The quantitative estimate of drug-likeness (QED) is 0.831. The number of hydrogen-bond acceptors (Lipinski definition) is 4. The zero-order chi connectivity index (χ0) is 12.7. The Labute approximate surface area is 103 Å². The number of aliphatic carboxylic acids is 1. The Morgan fingerprint density at radius 1 is 1.39 bits per heavy atom. The van der Waals surface area contributed by atoms with Crippen LogP contribution in [-0.4, -0.2) is 28.2 Å². The molecule has 1 aromatic heterocycles. The monoisotopic (exact) mass is 250 g/mol. The number of fused-ring (bicyclic) bond motifs is 2. The summed E-state index contributed by atoms with van der Waals surface area (Å²) in [6.45, 7) is 0. The first-order valence-electron chi connectivity index (χ1n) is 6.11. The number of carboxylic acids is 1. The predicted molar refractivity (Wildman–Crippen MR) is 59.7 cm³/mol. The molecule has 2 saturated carbocycles. The maximum atomic E-state index is 11.9. The van der Waals surface area contributed by atoms with Crippen LogP contribution in [0.15, 0.2) is 16.9 Å². The number of carbonyl (C=O) groups excluding carboxylic acids is 1. The van der Waals surface area contributed by atoms with Crippen LogP contribution in [0.4, 0.5) is 0 Å². The molecule has 2 aliphatic carbocycles. The summed E-state index contributed by atoms with van der Waals surface area (Å²) in [5, 5.41) is 15.6. The van der Waals surface area contributed by atoms with E-state index >= 15 is 0 Å². The van der Waals surface area contributed by atoms with Gasteiger partial charge in [0.05, 0.1) is 5.92 Å². The van der Waals surface area contributed by atoms with Gasteiger partial charge in [-0.25, -0.2) is 0 Å². The van der Waals surface area contributed by atoms with Crippen LogP contribution in [0.5, 0.6) is 0 Å². The zero-order valence-electron chi connectivity index (χ0n) is 9.70. The van der Waals surface area contributed by atoms with Crippen LogP contribution in [0.25, 0.3) is 0 Å². The van der Waals surface area contributed by atoms with E-state index in [1.54, 1.807) is 0 Å². The van der Waals surface area contributed by atoms with Crippen LogP contribution in [0, 0.1) is 17.8 Å². The predicted octanol–water partition coefficient (Wildman–Crippen LogP) is 0.904. The molecule has 2 aliphatic rings. The Balaban J connectivity index is 1.75. The molecule has 1 aromatic rings. The second-order valence-electron chi connectivity index (χ2n) is 5.08. The summed E-state index contributed by atoms with van der Waals surface area (Å²) in [6, 6.07) is 1.20. The van der Waals surface area contributed by atoms with Gasteiger partial charge in [0, 0.05) is 12.1 Å². The van der Waals surface area contributed by atoms with Crippen molar-refractivity contribution in [3.8, 4) is 0 Å². The molecular weight excluding hydrogens is 236 g/mol. The van der Waals surface area contributed by atoms with E-state index in [0.29, 0.717) is 0 Å². The van der Waals surface area contributed by atoms with Gasteiger partial charge in [0.15, 0.2) is 5.69 Å². The first-order chi connectivity index (χ1) is 8.66. The fourth-order valence-corrected chi connectivity index (χ4v) is 3.41. The van der Waals surface area contributed by atoms with Crippen LogP contribution in [-0.2, 0) is 4.79 Å². The molecule has 18 heavy (non-hydrogen) atoms. The van der Waals surface area contributed by atoms with Gasteiger partial charge in [0.2, 0.25) is 0 Å². The van der Waals surface area contributed by atoms with Crippen molar-refractivity contribution < 1.29 is 19.2 Å². The van der Waals surface area contributed by atoms with E-state index in [4.69, 9.17) is 0 Å². The molecule has 3 rings (SSSR count). The number of rotatable bonds is 3. The van der Waals surface area contributed by atoms with Crippen molar-refractivity contribution in [2.45, 2.75) is 25.3 Å². The first kappa shape index (κ1) is 11.3. The Kier molecular flexibility index (Phi) is 2.57. The SMILES string of the molecule is O=C(NC1C2CCC(C2)C1C(=O)O)c1ccon1. The summed E-state index contributed by atoms with van der Waals surface area (Å²) >= 11 is 0. The molecular formula is C12H14N2O4. The smallest absolute Gasteiger partial charge is 0.308 e. The average Bonchev–Trinajstić information content (AvgIpc) is 3.05. The summed E-state index contributed by atoms with van der Waals surface area (Å²) < 4.78 is 4.61. The van der Waals surface area contributed by atoms with Gasteiger partial charge in [-0.05, 0) is 31.1 Å². The lowest BCUT2D eigenvalue weighted by Gasteiger charge is -2.28. The number of aromatic nitrogens is 1. The lowest BCUT2D eigenvalue weighted by molar-refractivity contribution is -0.144. The zero-order valence-corrected chi connectivity index (χ0v) is 9.70. The normalized spacial score (nSPS) is 33.6. The van der Waals surface area contributed by atoms with Crippen molar-refractivity contribution in [2.75, 3.05) is 0 Å². The Hall–Kier alpha value is -1.85. The van der Waals surface area contributed by atoms with Crippen molar-refractivity contribution in [2.24, 2.45) is 17.8 Å². The highest BCUT2D eigenvalue weighted by atomic mass is 16.5. The number of nitrogens with one attached hydrogen (secondary N) is 1. The van der Waals surface area contributed by atoms with Crippen LogP contribution in [0.1, 0.15) is 29.8 Å². The molecule has 6 heteroatoms. The standard InChI is InChI=1S/C12H14N2O4/c15-11(8-3-4-18-14-8)13-10-7-2-1-6(5-7)9(10)12(16)17/h3-4,6-7,9-10H,1-2,5H2,(H,13,15)(H,16,17). The molecule has 2 N–H and O–H groups in total. The largest absolute Gasteiger partial charge is 0.481 e. The van der Waals surface area contributed by atoms with Crippen molar-refractivity contribution in [1.82, 2.24) is 10.5 Å². The molecule has 0 aliphatic heterocycles.